The fraction of sp³-hybridized carbons (Fsp3) is 0.667. The third kappa shape index (κ3) is 5.18. The Bertz CT molecular complexity index is 317. The molecule has 0 heterocycles. The lowest BCUT2D eigenvalue weighted by Gasteiger charge is -2.13. The van der Waals surface area contributed by atoms with E-state index in [1.54, 1.807) is 19.3 Å². The second kappa shape index (κ2) is 7.71. The average Bonchev–Trinajstić information content (AvgIpc) is 2.77. The summed E-state index contributed by atoms with van der Waals surface area (Å²) in [5, 5.41) is 14.2. The number of aliphatic carboxylic acids is 1. The minimum Gasteiger partial charge on any atom is -0.481 e. The van der Waals surface area contributed by atoms with Crippen LogP contribution in [0.25, 0.3) is 0 Å². The molecule has 0 fully saturated rings. The second-order valence-corrected chi connectivity index (χ2v) is 4.27. The van der Waals surface area contributed by atoms with Gasteiger partial charge in [0.15, 0.2) is 0 Å². The molecule has 1 rings (SSSR count). The first-order chi connectivity index (χ1) is 8.63. The van der Waals surface area contributed by atoms with Crippen molar-refractivity contribution in [3.8, 4) is 0 Å². The molecule has 3 N–H and O–H groups in total. The molecule has 0 spiro atoms. The molecule has 0 saturated carbocycles. The van der Waals surface area contributed by atoms with Crippen molar-refractivity contribution in [3.63, 3.8) is 0 Å². The quantitative estimate of drug-likeness (QED) is 0.463. The smallest absolute Gasteiger partial charge is 0.315 e. The van der Waals surface area contributed by atoms with E-state index in [2.05, 4.69) is 10.6 Å². The average molecular weight is 256 g/mol. The molecule has 18 heavy (non-hydrogen) atoms. The number of hydrogen-bond donors (Lipinski definition) is 3. The van der Waals surface area contributed by atoms with Gasteiger partial charge in [-0.05, 0) is 19.3 Å². The minimum absolute atomic E-state index is 0.190. The number of methoxy groups -OCH3 is 1. The minimum atomic E-state index is -0.851. The zero-order valence-corrected chi connectivity index (χ0v) is 10.5. The van der Waals surface area contributed by atoms with Crippen LogP contribution in [0.4, 0.5) is 4.79 Å². The van der Waals surface area contributed by atoms with Gasteiger partial charge >= 0.3 is 12.0 Å². The van der Waals surface area contributed by atoms with E-state index in [4.69, 9.17) is 9.84 Å². The number of nitrogens with one attached hydrogen (secondary N) is 2. The Balaban J connectivity index is 2.10. The van der Waals surface area contributed by atoms with E-state index in [1.165, 1.54) is 0 Å². The van der Waals surface area contributed by atoms with Crippen molar-refractivity contribution in [1.82, 2.24) is 10.6 Å². The Morgan fingerprint density at radius 2 is 2.17 bits per heavy atom. The summed E-state index contributed by atoms with van der Waals surface area (Å²) in [7, 11) is 1.64. The zero-order valence-electron chi connectivity index (χ0n) is 10.5. The number of carboxylic acid groups (broad SMARTS) is 1. The monoisotopic (exact) mass is 256 g/mol. The van der Waals surface area contributed by atoms with Crippen LogP contribution in [0.1, 0.15) is 19.3 Å². The zero-order chi connectivity index (χ0) is 13.4. The maximum Gasteiger partial charge on any atom is 0.315 e. The van der Waals surface area contributed by atoms with Gasteiger partial charge in [-0.3, -0.25) is 4.79 Å². The lowest BCUT2D eigenvalue weighted by atomic mass is 10.1. The van der Waals surface area contributed by atoms with Crippen molar-refractivity contribution in [2.45, 2.75) is 25.3 Å². The highest BCUT2D eigenvalue weighted by Gasteiger charge is 2.25. The Kier molecular flexibility index (Phi) is 6.21. The van der Waals surface area contributed by atoms with E-state index >= 15 is 0 Å². The number of urea groups is 1. The van der Waals surface area contributed by atoms with Crippen molar-refractivity contribution in [2.75, 3.05) is 20.3 Å². The lowest BCUT2D eigenvalue weighted by molar-refractivity contribution is -0.140. The van der Waals surface area contributed by atoms with Gasteiger partial charge in [-0.1, -0.05) is 12.2 Å². The summed E-state index contributed by atoms with van der Waals surface area (Å²) in [4.78, 5) is 22.2. The molecule has 102 valence electrons. The van der Waals surface area contributed by atoms with E-state index in [0.717, 1.165) is 12.8 Å². The first-order valence-corrected chi connectivity index (χ1v) is 6.08. The number of carbonyl (C=O) groups excluding carboxylic acids is 1. The molecule has 1 aliphatic carbocycles. The Morgan fingerprint density at radius 1 is 1.39 bits per heavy atom. The van der Waals surface area contributed by atoms with Crippen molar-refractivity contribution in [2.24, 2.45) is 5.92 Å². The van der Waals surface area contributed by atoms with Crippen molar-refractivity contribution < 1.29 is 19.4 Å². The number of unbranched alkanes of at least 4 members (excludes halogenated alkanes) is 1. The SMILES string of the molecule is COCCCCNC(=O)NC1C=CC(C(=O)O)C1. The van der Waals surface area contributed by atoms with E-state index < -0.39 is 11.9 Å². The Morgan fingerprint density at radius 3 is 2.78 bits per heavy atom. The molecule has 0 aromatic carbocycles. The number of carbonyl (C=O) groups is 2. The van der Waals surface area contributed by atoms with E-state index in [9.17, 15) is 9.59 Å². The summed E-state index contributed by atoms with van der Waals surface area (Å²) < 4.78 is 4.90. The predicted molar refractivity (Wildman–Crippen MR) is 66.3 cm³/mol. The van der Waals surface area contributed by atoms with Gasteiger partial charge < -0.3 is 20.5 Å². The fourth-order valence-corrected chi connectivity index (χ4v) is 1.78. The highest BCUT2D eigenvalue weighted by Crippen LogP contribution is 2.17. The molecule has 0 aliphatic heterocycles. The van der Waals surface area contributed by atoms with Crippen LogP contribution >= 0.6 is 0 Å². The highest BCUT2D eigenvalue weighted by molar-refractivity contribution is 5.76. The lowest BCUT2D eigenvalue weighted by Crippen LogP contribution is -2.41. The molecule has 2 atom stereocenters. The van der Waals surface area contributed by atoms with E-state index in [1.807, 2.05) is 0 Å². The van der Waals surface area contributed by atoms with Crippen LogP contribution in [0.2, 0.25) is 0 Å². The van der Waals surface area contributed by atoms with Gasteiger partial charge in [-0.2, -0.15) is 0 Å². The molecule has 0 bridgehead atoms. The summed E-state index contributed by atoms with van der Waals surface area (Å²) >= 11 is 0. The summed E-state index contributed by atoms with van der Waals surface area (Å²) in [6.07, 6.45) is 5.53. The van der Waals surface area contributed by atoms with E-state index in [-0.39, 0.29) is 12.1 Å². The van der Waals surface area contributed by atoms with Crippen LogP contribution in [0.3, 0.4) is 0 Å². The topological polar surface area (TPSA) is 87.7 Å². The summed E-state index contributed by atoms with van der Waals surface area (Å²) in [6, 6.07) is -0.446. The predicted octanol–water partition coefficient (Wildman–Crippen LogP) is 0.742. The molecule has 1 aliphatic rings. The molecule has 6 heteroatoms. The van der Waals surface area contributed by atoms with Gasteiger partial charge in [-0.15, -0.1) is 0 Å². The normalized spacial score (nSPS) is 21.8. The van der Waals surface area contributed by atoms with E-state index in [0.29, 0.717) is 19.6 Å². The number of hydrogen-bond acceptors (Lipinski definition) is 3. The van der Waals surface area contributed by atoms with Crippen LogP contribution in [-0.2, 0) is 9.53 Å². The first-order valence-electron chi connectivity index (χ1n) is 6.08. The molecule has 0 saturated heterocycles. The van der Waals surface area contributed by atoms with Crippen LogP contribution in [-0.4, -0.2) is 43.4 Å². The van der Waals surface area contributed by atoms with Crippen molar-refractivity contribution in [1.29, 1.82) is 0 Å². The molecular formula is C12H20N2O4. The molecular weight excluding hydrogens is 236 g/mol. The number of rotatable bonds is 7. The third-order valence-electron chi connectivity index (χ3n) is 2.78. The molecule has 0 aromatic rings. The number of ether oxygens (including phenoxy) is 1. The van der Waals surface area contributed by atoms with Crippen LogP contribution in [0, 0.1) is 5.92 Å². The van der Waals surface area contributed by atoms with Gasteiger partial charge in [0.1, 0.15) is 0 Å². The fourth-order valence-electron chi connectivity index (χ4n) is 1.78. The van der Waals surface area contributed by atoms with Gasteiger partial charge in [0, 0.05) is 20.3 Å². The summed E-state index contributed by atoms with van der Waals surface area (Å²) in [5.41, 5.74) is 0. The van der Waals surface area contributed by atoms with Crippen LogP contribution in [0.5, 0.6) is 0 Å². The third-order valence-corrected chi connectivity index (χ3v) is 2.78. The maximum absolute atomic E-state index is 11.5. The second-order valence-electron chi connectivity index (χ2n) is 4.27. The molecule has 2 unspecified atom stereocenters. The molecule has 0 radical (unpaired) electrons. The molecule has 2 amide bonds. The summed E-state index contributed by atoms with van der Waals surface area (Å²) in [6.45, 7) is 1.28. The van der Waals surface area contributed by atoms with Crippen LogP contribution in [0.15, 0.2) is 12.2 Å². The summed E-state index contributed by atoms with van der Waals surface area (Å²) in [5.74, 6) is -1.34. The van der Waals surface area contributed by atoms with Crippen molar-refractivity contribution >= 4 is 12.0 Å². The standard InChI is InChI=1S/C12H20N2O4/c1-18-7-3-2-6-13-12(17)14-10-5-4-9(8-10)11(15)16/h4-5,9-10H,2-3,6-8H2,1H3,(H,15,16)(H2,13,14,17). The van der Waals surface area contributed by atoms with Gasteiger partial charge in [0.25, 0.3) is 0 Å². The number of amides is 2. The molecule has 6 nitrogen and oxygen atoms in total. The first kappa shape index (κ1) is 14.5. The largest absolute Gasteiger partial charge is 0.481 e. The Labute approximate surface area is 106 Å². The Hall–Kier alpha value is -1.56. The van der Waals surface area contributed by atoms with Crippen LogP contribution < -0.4 is 10.6 Å². The van der Waals surface area contributed by atoms with Gasteiger partial charge in [0.05, 0.1) is 12.0 Å². The highest BCUT2D eigenvalue weighted by atomic mass is 16.5. The van der Waals surface area contributed by atoms with Crippen molar-refractivity contribution in [3.05, 3.63) is 12.2 Å². The van der Waals surface area contributed by atoms with Gasteiger partial charge in [-0.25, -0.2) is 4.79 Å². The molecule has 0 aromatic heterocycles. The van der Waals surface area contributed by atoms with Gasteiger partial charge in [0.2, 0.25) is 0 Å². The number of carboxylic acids is 1. The maximum atomic E-state index is 11.5.